The second kappa shape index (κ2) is 7.54. The molecular formula is C10H18F3NO. The van der Waals surface area contributed by atoms with Crippen LogP contribution in [-0.2, 0) is 4.79 Å². The Morgan fingerprint density at radius 3 is 2.20 bits per heavy atom. The van der Waals surface area contributed by atoms with E-state index in [2.05, 4.69) is 6.92 Å². The maximum Gasteiger partial charge on any atom is 0.327 e. The summed E-state index contributed by atoms with van der Waals surface area (Å²) in [5.74, 6) is -5.41. The van der Waals surface area contributed by atoms with Crippen LogP contribution < -0.4 is 5.54 Å². The van der Waals surface area contributed by atoms with Gasteiger partial charge in [-0.15, -0.1) is 4.48 Å². The first-order valence-electron chi connectivity index (χ1n) is 5.33. The summed E-state index contributed by atoms with van der Waals surface area (Å²) in [5, 5.41) is 0. The minimum atomic E-state index is -3.57. The fourth-order valence-electron chi connectivity index (χ4n) is 1.31. The minimum absolute atomic E-state index is 0.254. The van der Waals surface area contributed by atoms with Crippen LogP contribution >= 0.6 is 0 Å². The van der Waals surface area contributed by atoms with E-state index in [1.807, 2.05) is 0 Å². The average molecular weight is 225 g/mol. The van der Waals surface area contributed by atoms with Gasteiger partial charge in [-0.2, -0.15) is 14.3 Å². The summed E-state index contributed by atoms with van der Waals surface area (Å²) >= 11 is 0. The Labute approximate surface area is 88.2 Å². The summed E-state index contributed by atoms with van der Waals surface area (Å²) in [5.41, 5.74) is 0.478. The smallest absolute Gasteiger partial charge is 0.265 e. The predicted molar refractivity (Wildman–Crippen MR) is 52.2 cm³/mol. The van der Waals surface area contributed by atoms with Crippen LogP contribution in [0.5, 0.6) is 0 Å². The molecule has 5 heteroatoms. The Bertz CT molecular complexity index is 186. The Kier molecular flexibility index (Phi) is 7.17. The third-order valence-electron chi connectivity index (χ3n) is 2.26. The lowest BCUT2D eigenvalue weighted by Gasteiger charge is -2.12. The molecule has 0 aromatic heterocycles. The van der Waals surface area contributed by atoms with E-state index in [1.54, 1.807) is 0 Å². The molecule has 0 aromatic carbocycles. The molecule has 0 heterocycles. The monoisotopic (exact) mass is 225 g/mol. The van der Waals surface area contributed by atoms with Gasteiger partial charge in [0.15, 0.2) is 0 Å². The van der Waals surface area contributed by atoms with E-state index in [9.17, 15) is 18.1 Å². The number of halogens is 3. The maximum absolute atomic E-state index is 12.7. The van der Waals surface area contributed by atoms with Gasteiger partial charge in [0.05, 0.1) is 0 Å². The molecule has 1 amide bonds. The van der Waals surface area contributed by atoms with Crippen molar-refractivity contribution in [3.8, 4) is 0 Å². The summed E-state index contributed by atoms with van der Waals surface area (Å²) in [4.78, 5) is 10.4. The number of alkyl halides is 2. The number of amides is 1. The van der Waals surface area contributed by atoms with Crippen molar-refractivity contribution in [2.75, 3.05) is 0 Å². The van der Waals surface area contributed by atoms with Crippen LogP contribution in [0.4, 0.5) is 13.3 Å². The van der Waals surface area contributed by atoms with Gasteiger partial charge in [-0.3, -0.25) is 4.79 Å². The van der Waals surface area contributed by atoms with Crippen molar-refractivity contribution in [2.45, 2.75) is 57.8 Å². The van der Waals surface area contributed by atoms with Crippen LogP contribution in [0.3, 0.4) is 0 Å². The number of carbonyl (C=O) groups excluding carboxylic acids is 1. The molecule has 0 aliphatic heterocycles. The lowest BCUT2D eigenvalue weighted by atomic mass is 10.1. The van der Waals surface area contributed by atoms with E-state index in [0.717, 1.165) is 25.7 Å². The minimum Gasteiger partial charge on any atom is -0.265 e. The molecule has 0 aromatic rings. The fourth-order valence-corrected chi connectivity index (χ4v) is 1.31. The molecule has 0 saturated heterocycles. The molecule has 15 heavy (non-hydrogen) atoms. The maximum atomic E-state index is 12.7. The van der Waals surface area contributed by atoms with Gasteiger partial charge in [-0.25, -0.2) is 0 Å². The molecular weight excluding hydrogens is 207 g/mol. The number of hydrogen-bond acceptors (Lipinski definition) is 1. The first kappa shape index (κ1) is 14.3. The number of carbonyl (C=O) groups is 1. The highest BCUT2D eigenvalue weighted by Crippen LogP contribution is 2.22. The summed E-state index contributed by atoms with van der Waals surface area (Å²) < 4.78 is 37.0. The van der Waals surface area contributed by atoms with E-state index in [1.165, 1.54) is 0 Å². The molecule has 0 atom stereocenters. The third kappa shape index (κ3) is 6.36. The Balaban J connectivity index is 3.53. The van der Waals surface area contributed by atoms with Crippen LogP contribution in [0, 0.1) is 0 Å². The van der Waals surface area contributed by atoms with Gasteiger partial charge in [0.2, 0.25) is 0 Å². The molecule has 0 unspecified atom stereocenters. The molecule has 0 radical (unpaired) electrons. The number of nitrogens with one attached hydrogen (secondary N) is 1. The highest BCUT2D eigenvalue weighted by molar-refractivity contribution is 5.82. The summed E-state index contributed by atoms with van der Waals surface area (Å²) in [7, 11) is 0. The van der Waals surface area contributed by atoms with Crippen LogP contribution in [-0.4, -0.2) is 11.8 Å². The first-order chi connectivity index (χ1) is 7.04. The number of unbranched alkanes of at least 4 members (excludes halogenated alkanes) is 5. The Morgan fingerprint density at radius 2 is 1.67 bits per heavy atom. The second-order valence-corrected chi connectivity index (χ2v) is 3.65. The average Bonchev–Trinajstić information content (AvgIpc) is 2.22. The molecule has 90 valence electrons. The van der Waals surface area contributed by atoms with Crippen molar-refractivity contribution in [3.63, 3.8) is 0 Å². The Hall–Kier alpha value is -0.740. The van der Waals surface area contributed by atoms with Crippen LogP contribution in [0.2, 0.25) is 0 Å². The van der Waals surface area contributed by atoms with Gasteiger partial charge in [-0.05, 0) is 6.42 Å². The standard InChI is InChI=1S/C10H18F3NO/c1-2-3-4-5-6-7-8-10(11,12)9(15)14-13/h2-8H2,1H3,(H,14,15). The van der Waals surface area contributed by atoms with Gasteiger partial charge in [0.1, 0.15) is 0 Å². The SMILES string of the molecule is CCCCCCCCC(F)(F)C(=O)NF. The molecule has 0 aliphatic rings. The van der Waals surface area contributed by atoms with Gasteiger partial charge in [0, 0.05) is 6.42 Å². The second-order valence-electron chi connectivity index (χ2n) is 3.65. The molecule has 0 aliphatic carbocycles. The summed E-state index contributed by atoms with van der Waals surface area (Å²) in [6, 6.07) is 0. The normalized spacial score (nSPS) is 11.5. The lowest BCUT2D eigenvalue weighted by Crippen LogP contribution is -2.36. The Morgan fingerprint density at radius 1 is 1.13 bits per heavy atom. The van der Waals surface area contributed by atoms with Crippen molar-refractivity contribution in [1.82, 2.24) is 5.54 Å². The molecule has 1 N–H and O–H groups in total. The van der Waals surface area contributed by atoms with E-state index in [0.29, 0.717) is 12.0 Å². The first-order valence-corrected chi connectivity index (χ1v) is 5.33. The summed E-state index contributed by atoms with van der Waals surface area (Å²) in [6.07, 6.45) is 4.45. The zero-order chi connectivity index (χ0) is 11.7. The molecule has 0 saturated carbocycles. The van der Waals surface area contributed by atoms with E-state index in [4.69, 9.17) is 0 Å². The van der Waals surface area contributed by atoms with Crippen LogP contribution in [0.1, 0.15) is 51.9 Å². The summed E-state index contributed by atoms with van der Waals surface area (Å²) in [6.45, 7) is 2.07. The van der Waals surface area contributed by atoms with Gasteiger partial charge < -0.3 is 0 Å². The number of hydrogen-bond donors (Lipinski definition) is 1. The topological polar surface area (TPSA) is 29.1 Å². The fraction of sp³-hybridized carbons (Fsp3) is 0.900. The molecule has 0 spiro atoms. The predicted octanol–water partition coefficient (Wildman–Crippen LogP) is 3.37. The van der Waals surface area contributed by atoms with Crippen LogP contribution in [0.15, 0.2) is 0 Å². The van der Waals surface area contributed by atoms with Gasteiger partial charge in [-0.1, -0.05) is 39.0 Å². The zero-order valence-corrected chi connectivity index (χ0v) is 8.99. The quantitative estimate of drug-likeness (QED) is 0.498. The van der Waals surface area contributed by atoms with E-state index >= 15 is 0 Å². The molecule has 0 rings (SSSR count). The van der Waals surface area contributed by atoms with Crippen molar-refractivity contribution in [1.29, 1.82) is 0 Å². The highest BCUT2D eigenvalue weighted by Gasteiger charge is 2.37. The third-order valence-corrected chi connectivity index (χ3v) is 2.26. The van der Waals surface area contributed by atoms with Crippen LogP contribution in [0.25, 0.3) is 0 Å². The van der Waals surface area contributed by atoms with Gasteiger partial charge >= 0.3 is 11.8 Å². The highest BCUT2D eigenvalue weighted by atomic mass is 19.3. The largest absolute Gasteiger partial charge is 0.327 e. The van der Waals surface area contributed by atoms with E-state index < -0.39 is 18.3 Å². The van der Waals surface area contributed by atoms with Crippen molar-refractivity contribution < 1.29 is 18.1 Å². The van der Waals surface area contributed by atoms with Gasteiger partial charge in [0.25, 0.3) is 0 Å². The van der Waals surface area contributed by atoms with Crippen molar-refractivity contribution in [3.05, 3.63) is 0 Å². The number of rotatable bonds is 8. The lowest BCUT2D eigenvalue weighted by molar-refractivity contribution is -0.151. The van der Waals surface area contributed by atoms with Crippen molar-refractivity contribution >= 4 is 5.91 Å². The molecule has 0 fully saturated rings. The zero-order valence-electron chi connectivity index (χ0n) is 8.99. The van der Waals surface area contributed by atoms with Crippen molar-refractivity contribution in [2.24, 2.45) is 0 Å². The molecule has 2 nitrogen and oxygen atoms in total. The van der Waals surface area contributed by atoms with E-state index in [-0.39, 0.29) is 6.42 Å². The molecule has 0 bridgehead atoms.